The zero-order valence-electron chi connectivity index (χ0n) is 15.6. The number of aromatic nitrogens is 4. The van der Waals surface area contributed by atoms with E-state index in [2.05, 4.69) is 15.1 Å². The average molecular weight is 379 g/mol. The summed E-state index contributed by atoms with van der Waals surface area (Å²) in [5, 5.41) is 4.26. The summed E-state index contributed by atoms with van der Waals surface area (Å²) >= 11 is 0. The molecular weight excluding hydrogens is 358 g/mol. The molecule has 8 nitrogen and oxygen atoms in total. The molecule has 2 aliphatic rings. The topological polar surface area (TPSA) is 81.9 Å². The number of ether oxygens (including phenoxy) is 2. The summed E-state index contributed by atoms with van der Waals surface area (Å²) in [6, 6.07) is 9.86. The molecule has 0 unspecified atom stereocenters. The van der Waals surface area contributed by atoms with E-state index >= 15 is 0 Å². The molecule has 1 aromatic carbocycles. The number of aryl methyl sites for hydroxylation is 1. The summed E-state index contributed by atoms with van der Waals surface area (Å²) in [4.78, 5) is 23.6. The molecule has 0 N–H and O–H groups in total. The summed E-state index contributed by atoms with van der Waals surface area (Å²) < 4.78 is 13.5. The van der Waals surface area contributed by atoms with Crippen LogP contribution in [0, 0.1) is 12.8 Å². The molecule has 1 saturated heterocycles. The van der Waals surface area contributed by atoms with Crippen LogP contribution in [0.4, 0.5) is 0 Å². The third kappa shape index (κ3) is 2.99. The van der Waals surface area contributed by atoms with Crippen LogP contribution >= 0.6 is 0 Å². The standard InChI is InChI=1S/C20H21N5O3/c1-13-8-16(25-20(23-13)21-12-22-25)18-10-24(6-7-27-18)19(26)15-9-14-4-2-3-5-17(14)28-11-15/h2-5,8,12,15,18H,6-7,9-11H2,1H3/t15-,18+/m1/s1. The van der Waals surface area contributed by atoms with E-state index in [1.807, 2.05) is 42.2 Å². The molecule has 0 radical (unpaired) electrons. The minimum Gasteiger partial charge on any atom is -0.492 e. The van der Waals surface area contributed by atoms with E-state index in [-0.39, 0.29) is 17.9 Å². The summed E-state index contributed by atoms with van der Waals surface area (Å²) in [6.07, 6.45) is 1.92. The lowest BCUT2D eigenvalue weighted by atomic mass is 9.95. The molecule has 0 aliphatic carbocycles. The number of hydrogen-bond acceptors (Lipinski definition) is 6. The Morgan fingerprint density at radius 2 is 2.18 bits per heavy atom. The van der Waals surface area contributed by atoms with Gasteiger partial charge in [-0.25, -0.2) is 4.98 Å². The highest BCUT2D eigenvalue weighted by molar-refractivity contribution is 5.80. The predicted octanol–water partition coefficient (Wildman–Crippen LogP) is 1.58. The smallest absolute Gasteiger partial charge is 0.252 e. The molecule has 8 heteroatoms. The molecule has 144 valence electrons. The van der Waals surface area contributed by atoms with E-state index in [0.717, 1.165) is 22.7 Å². The third-order valence-corrected chi connectivity index (χ3v) is 5.34. The number of benzene rings is 1. The Bertz CT molecular complexity index is 1030. The van der Waals surface area contributed by atoms with Crippen LogP contribution in [0.1, 0.15) is 23.1 Å². The highest BCUT2D eigenvalue weighted by Gasteiger charge is 2.33. The van der Waals surface area contributed by atoms with Gasteiger partial charge in [0.05, 0.1) is 24.8 Å². The van der Waals surface area contributed by atoms with Gasteiger partial charge in [0.2, 0.25) is 5.91 Å². The van der Waals surface area contributed by atoms with Crippen molar-refractivity contribution in [3.05, 3.63) is 53.6 Å². The number of rotatable bonds is 2. The Labute approximate surface area is 162 Å². The second kappa shape index (κ2) is 6.87. The molecule has 2 aromatic heterocycles. The molecule has 4 heterocycles. The largest absolute Gasteiger partial charge is 0.492 e. The number of nitrogens with zero attached hydrogens (tertiary/aromatic N) is 5. The Hall–Kier alpha value is -3.00. The molecule has 0 spiro atoms. The lowest BCUT2D eigenvalue weighted by molar-refractivity contribution is -0.145. The van der Waals surface area contributed by atoms with Crippen LogP contribution in [-0.4, -0.2) is 56.7 Å². The predicted molar refractivity (Wildman–Crippen MR) is 99.9 cm³/mol. The van der Waals surface area contributed by atoms with Gasteiger partial charge >= 0.3 is 0 Å². The summed E-state index contributed by atoms with van der Waals surface area (Å²) in [5.74, 6) is 1.37. The first-order chi connectivity index (χ1) is 13.7. The molecule has 5 rings (SSSR count). The van der Waals surface area contributed by atoms with E-state index in [1.54, 1.807) is 4.52 Å². The molecule has 1 fully saturated rings. The first-order valence-electron chi connectivity index (χ1n) is 9.47. The maximum Gasteiger partial charge on any atom is 0.252 e. The van der Waals surface area contributed by atoms with Gasteiger partial charge in [-0.2, -0.15) is 14.6 Å². The second-order valence-electron chi connectivity index (χ2n) is 7.26. The molecule has 28 heavy (non-hydrogen) atoms. The van der Waals surface area contributed by atoms with Gasteiger partial charge < -0.3 is 14.4 Å². The molecule has 0 saturated carbocycles. The van der Waals surface area contributed by atoms with Crippen LogP contribution in [0.3, 0.4) is 0 Å². The summed E-state index contributed by atoms with van der Waals surface area (Å²) in [6.45, 7) is 3.88. The van der Waals surface area contributed by atoms with Crippen LogP contribution in [-0.2, 0) is 16.0 Å². The van der Waals surface area contributed by atoms with Crippen LogP contribution in [0.25, 0.3) is 5.78 Å². The molecule has 1 amide bonds. The van der Waals surface area contributed by atoms with Crippen molar-refractivity contribution in [2.45, 2.75) is 19.4 Å². The third-order valence-electron chi connectivity index (χ3n) is 5.34. The zero-order chi connectivity index (χ0) is 19.1. The number of para-hydroxylation sites is 1. The number of fused-ring (bicyclic) bond motifs is 2. The quantitative estimate of drug-likeness (QED) is 0.673. The van der Waals surface area contributed by atoms with Gasteiger partial charge in [-0.15, -0.1) is 0 Å². The minimum absolute atomic E-state index is 0.114. The van der Waals surface area contributed by atoms with Gasteiger partial charge in [0.1, 0.15) is 24.8 Å². The zero-order valence-corrected chi connectivity index (χ0v) is 15.6. The highest BCUT2D eigenvalue weighted by atomic mass is 16.5. The fraction of sp³-hybridized carbons (Fsp3) is 0.400. The molecule has 2 atom stereocenters. The van der Waals surface area contributed by atoms with Gasteiger partial charge in [0, 0.05) is 12.2 Å². The Balaban J connectivity index is 1.36. The SMILES string of the molecule is Cc1cc([C@@H]2CN(C(=O)[C@H]3COc4ccccc4C3)CCO2)n2ncnc2n1. The van der Waals surface area contributed by atoms with Crippen LogP contribution in [0.2, 0.25) is 0 Å². The number of morpholine rings is 1. The first kappa shape index (κ1) is 17.1. The van der Waals surface area contributed by atoms with Crippen molar-refractivity contribution in [3.8, 4) is 5.75 Å². The van der Waals surface area contributed by atoms with Crippen LogP contribution < -0.4 is 4.74 Å². The second-order valence-corrected chi connectivity index (χ2v) is 7.26. The van der Waals surface area contributed by atoms with E-state index in [9.17, 15) is 4.79 Å². The Kier molecular flexibility index (Phi) is 4.20. The van der Waals surface area contributed by atoms with E-state index in [4.69, 9.17) is 9.47 Å². The van der Waals surface area contributed by atoms with Crippen molar-refractivity contribution in [1.29, 1.82) is 0 Å². The molecule has 2 aliphatic heterocycles. The normalized spacial score (nSPS) is 22.0. The first-order valence-corrected chi connectivity index (χ1v) is 9.47. The van der Waals surface area contributed by atoms with Crippen molar-refractivity contribution in [3.63, 3.8) is 0 Å². The van der Waals surface area contributed by atoms with Gasteiger partial charge in [0.15, 0.2) is 0 Å². The molecule has 3 aromatic rings. The molecule has 0 bridgehead atoms. The van der Waals surface area contributed by atoms with Gasteiger partial charge in [-0.3, -0.25) is 4.79 Å². The van der Waals surface area contributed by atoms with Crippen molar-refractivity contribution < 1.29 is 14.3 Å². The number of amides is 1. The molecular formula is C20H21N5O3. The number of hydrogen-bond donors (Lipinski definition) is 0. The highest BCUT2D eigenvalue weighted by Crippen LogP contribution is 2.29. The lowest BCUT2D eigenvalue weighted by Crippen LogP contribution is -2.47. The average Bonchev–Trinajstić information content (AvgIpc) is 3.20. The van der Waals surface area contributed by atoms with Crippen molar-refractivity contribution in [1.82, 2.24) is 24.5 Å². The number of carbonyl (C=O) groups is 1. The van der Waals surface area contributed by atoms with E-state index < -0.39 is 0 Å². The summed E-state index contributed by atoms with van der Waals surface area (Å²) in [5.41, 5.74) is 2.80. The maximum absolute atomic E-state index is 13.2. The van der Waals surface area contributed by atoms with Crippen molar-refractivity contribution in [2.75, 3.05) is 26.3 Å². The van der Waals surface area contributed by atoms with Crippen molar-refractivity contribution >= 4 is 11.7 Å². The van der Waals surface area contributed by atoms with Crippen LogP contribution in [0.15, 0.2) is 36.7 Å². The Morgan fingerprint density at radius 3 is 3.11 bits per heavy atom. The Morgan fingerprint density at radius 1 is 1.29 bits per heavy atom. The number of carbonyl (C=O) groups excluding carboxylic acids is 1. The van der Waals surface area contributed by atoms with Crippen molar-refractivity contribution in [2.24, 2.45) is 5.92 Å². The van der Waals surface area contributed by atoms with Gasteiger partial charge in [0.25, 0.3) is 5.78 Å². The minimum atomic E-state index is -0.264. The van der Waals surface area contributed by atoms with Gasteiger partial charge in [-0.1, -0.05) is 18.2 Å². The van der Waals surface area contributed by atoms with E-state index in [0.29, 0.717) is 38.5 Å². The fourth-order valence-corrected chi connectivity index (χ4v) is 3.96. The van der Waals surface area contributed by atoms with Gasteiger partial charge in [-0.05, 0) is 31.0 Å². The van der Waals surface area contributed by atoms with Crippen LogP contribution in [0.5, 0.6) is 5.75 Å². The fourth-order valence-electron chi connectivity index (χ4n) is 3.96. The maximum atomic E-state index is 13.2. The monoisotopic (exact) mass is 379 g/mol. The van der Waals surface area contributed by atoms with E-state index in [1.165, 1.54) is 6.33 Å². The lowest BCUT2D eigenvalue weighted by Gasteiger charge is -2.36. The summed E-state index contributed by atoms with van der Waals surface area (Å²) in [7, 11) is 0.